The molecule has 4 atom stereocenters. The first-order chi connectivity index (χ1) is 9.15. The van der Waals surface area contributed by atoms with E-state index in [2.05, 4.69) is 18.7 Å². The van der Waals surface area contributed by atoms with Gasteiger partial charge in [-0.05, 0) is 50.5 Å². The summed E-state index contributed by atoms with van der Waals surface area (Å²) in [5.74, 6) is 0.856. The normalized spacial score (nSPS) is 36.5. The fraction of sp³-hybridized carbons (Fsp3) is 0.938. The molecule has 1 aliphatic heterocycles. The Morgan fingerprint density at radius 2 is 2.00 bits per heavy atom. The monoisotopic (exact) mass is 267 g/mol. The van der Waals surface area contributed by atoms with Gasteiger partial charge in [0.2, 0.25) is 0 Å². The number of hydrogen-bond donors (Lipinski definition) is 1. The zero-order chi connectivity index (χ0) is 13.8. The molecule has 0 aromatic heterocycles. The highest BCUT2D eigenvalue weighted by Gasteiger charge is 2.40. The van der Waals surface area contributed by atoms with E-state index in [4.69, 9.17) is 0 Å². The van der Waals surface area contributed by atoms with Crippen molar-refractivity contribution in [2.24, 2.45) is 17.8 Å². The van der Waals surface area contributed by atoms with Gasteiger partial charge in [-0.1, -0.05) is 26.7 Å². The minimum absolute atomic E-state index is 0.122. The minimum Gasteiger partial charge on any atom is -0.481 e. The first kappa shape index (κ1) is 14.8. The quantitative estimate of drug-likeness (QED) is 0.830. The Morgan fingerprint density at radius 3 is 2.63 bits per heavy atom. The Morgan fingerprint density at radius 1 is 1.21 bits per heavy atom. The molecule has 1 N–H and O–H groups in total. The Balaban J connectivity index is 1.99. The summed E-state index contributed by atoms with van der Waals surface area (Å²) < 4.78 is 0. The summed E-state index contributed by atoms with van der Waals surface area (Å²) in [5, 5.41) is 9.47. The van der Waals surface area contributed by atoms with Crippen LogP contribution in [0.3, 0.4) is 0 Å². The number of hydrogen-bond acceptors (Lipinski definition) is 2. The molecule has 0 radical (unpaired) electrons. The molecular weight excluding hydrogens is 238 g/mol. The van der Waals surface area contributed by atoms with E-state index in [0.29, 0.717) is 6.04 Å². The van der Waals surface area contributed by atoms with Crippen LogP contribution in [0.5, 0.6) is 0 Å². The molecule has 0 aromatic carbocycles. The highest BCUT2D eigenvalue weighted by atomic mass is 16.4. The first-order valence-electron chi connectivity index (χ1n) is 8.12. The van der Waals surface area contributed by atoms with Gasteiger partial charge in [-0.15, -0.1) is 0 Å². The van der Waals surface area contributed by atoms with Crippen molar-refractivity contribution in [1.29, 1.82) is 0 Å². The van der Waals surface area contributed by atoms with Crippen LogP contribution in [0.2, 0.25) is 0 Å². The van der Waals surface area contributed by atoms with Gasteiger partial charge in [-0.25, -0.2) is 0 Å². The first-order valence-corrected chi connectivity index (χ1v) is 8.12. The second-order valence-electron chi connectivity index (χ2n) is 6.54. The maximum absolute atomic E-state index is 11.5. The standard InChI is InChI=1S/C16H29NO2/c1-3-5-13-8-9-17(11-13)15-10-12(4-2)6-7-14(15)16(18)19/h12-15H,3-11H2,1-2H3,(H,18,19). The smallest absolute Gasteiger partial charge is 0.308 e. The summed E-state index contributed by atoms with van der Waals surface area (Å²) >= 11 is 0. The molecule has 0 spiro atoms. The van der Waals surface area contributed by atoms with Crippen molar-refractivity contribution >= 4 is 5.97 Å². The van der Waals surface area contributed by atoms with Gasteiger partial charge >= 0.3 is 5.97 Å². The predicted molar refractivity (Wildman–Crippen MR) is 77.1 cm³/mol. The van der Waals surface area contributed by atoms with Crippen LogP contribution in [0.4, 0.5) is 0 Å². The number of carboxylic acids is 1. The number of nitrogens with zero attached hydrogens (tertiary/aromatic N) is 1. The molecule has 0 amide bonds. The number of rotatable bonds is 5. The van der Waals surface area contributed by atoms with Crippen molar-refractivity contribution in [3.8, 4) is 0 Å². The zero-order valence-corrected chi connectivity index (χ0v) is 12.5. The summed E-state index contributed by atoms with van der Waals surface area (Å²) in [4.78, 5) is 14.0. The lowest BCUT2D eigenvalue weighted by atomic mass is 9.76. The van der Waals surface area contributed by atoms with Crippen LogP contribution in [0, 0.1) is 17.8 Å². The maximum atomic E-state index is 11.5. The molecule has 2 aliphatic rings. The topological polar surface area (TPSA) is 40.5 Å². The molecule has 2 rings (SSSR count). The predicted octanol–water partition coefficient (Wildman–Crippen LogP) is 3.39. The number of likely N-dealkylation sites (tertiary alicyclic amines) is 1. The van der Waals surface area contributed by atoms with Crippen LogP contribution in [0.25, 0.3) is 0 Å². The molecule has 1 saturated heterocycles. The fourth-order valence-electron chi connectivity index (χ4n) is 4.10. The highest BCUT2D eigenvalue weighted by Crippen LogP contribution is 2.37. The lowest BCUT2D eigenvalue weighted by Crippen LogP contribution is -2.46. The summed E-state index contributed by atoms with van der Waals surface area (Å²) in [5.41, 5.74) is 0. The molecule has 1 heterocycles. The van der Waals surface area contributed by atoms with Crippen LogP contribution in [0.15, 0.2) is 0 Å². The van der Waals surface area contributed by atoms with Gasteiger partial charge in [0.25, 0.3) is 0 Å². The van der Waals surface area contributed by atoms with Crippen molar-refractivity contribution < 1.29 is 9.90 Å². The fourth-order valence-corrected chi connectivity index (χ4v) is 4.10. The summed E-state index contributed by atoms with van der Waals surface area (Å²) in [6, 6.07) is 0.304. The average molecular weight is 267 g/mol. The molecule has 2 fully saturated rings. The Bertz CT molecular complexity index is 305. The van der Waals surface area contributed by atoms with Gasteiger partial charge in [0.1, 0.15) is 0 Å². The highest BCUT2D eigenvalue weighted by molar-refractivity contribution is 5.71. The molecule has 3 nitrogen and oxygen atoms in total. The van der Waals surface area contributed by atoms with Gasteiger partial charge in [0.15, 0.2) is 0 Å². The van der Waals surface area contributed by atoms with Gasteiger partial charge in [-0.3, -0.25) is 9.69 Å². The molecular formula is C16H29NO2. The van der Waals surface area contributed by atoms with E-state index in [1.165, 1.54) is 25.7 Å². The van der Waals surface area contributed by atoms with E-state index < -0.39 is 5.97 Å². The van der Waals surface area contributed by atoms with E-state index in [-0.39, 0.29) is 5.92 Å². The van der Waals surface area contributed by atoms with E-state index >= 15 is 0 Å². The Labute approximate surface area is 117 Å². The summed E-state index contributed by atoms with van der Waals surface area (Å²) in [7, 11) is 0. The molecule has 110 valence electrons. The molecule has 19 heavy (non-hydrogen) atoms. The van der Waals surface area contributed by atoms with Gasteiger partial charge in [0, 0.05) is 12.6 Å². The summed E-state index contributed by atoms with van der Waals surface area (Å²) in [6.45, 7) is 6.75. The molecule has 1 aliphatic carbocycles. The van der Waals surface area contributed by atoms with Crippen molar-refractivity contribution in [3.05, 3.63) is 0 Å². The van der Waals surface area contributed by atoms with Crippen molar-refractivity contribution in [3.63, 3.8) is 0 Å². The molecule has 0 aromatic rings. The lowest BCUT2D eigenvalue weighted by Gasteiger charge is -2.39. The van der Waals surface area contributed by atoms with E-state index in [1.807, 2.05) is 0 Å². The van der Waals surface area contributed by atoms with Crippen LogP contribution in [0.1, 0.15) is 58.8 Å². The van der Waals surface area contributed by atoms with Crippen LogP contribution in [-0.2, 0) is 4.79 Å². The van der Waals surface area contributed by atoms with Crippen molar-refractivity contribution in [2.45, 2.75) is 64.8 Å². The molecule has 0 bridgehead atoms. The second kappa shape index (κ2) is 6.74. The Hall–Kier alpha value is -0.570. The summed E-state index contributed by atoms with van der Waals surface area (Å²) in [6.07, 6.45) is 8.12. The van der Waals surface area contributed by atoms with Gasteiger partial charge in [0.05, 0.1) is 5.92 Å². The molecule has 4 unspecified atom stereocenters. The third kappa shape index (κ3) is 3.50. The third-order valence-corrected chi connectivity index (χ3v) is 5.30. The van der Waals surface area contributed by atoms with Crippen molar-refractivity contribution in [2.75, 3.05) is 13.1 Å². The van der Waals surface area contributed by atoms with Crippen LogP contribution < -0.4 is 0 Å². The second-order valence-corrected chi connectivity index (χ2v) is 6.54. The van der Waals surface area contributed by atoms with E-state index in [1.54, 1.807) is 0 Å². The SMILES string of the molecule is CCCC1CCN(C2CC(CC)CCC2C(=O)O)C1. The van der Waals surface area contributed by atoms with Gasteiger partial charge in [-0.2, -0.15) is 0 Å². The van der Waals surface area contributed by atoms with Crippen LogP contribution in [-0.4, -0.2) is 35.1 Å². The van der Waals surface area contributed by atoms with E-state index in [9.17, 15) is 9.90 Å². The number of carboxylic acid groups (broad SMARTS) is 1. The van der Waals surface area contributed by atoms with Crippen LogP contribution >= 0.6 is 0 Å². The number of carbonyl (C=O) groups is 1. The van der Waals surface area contributed by atoms with Gasteiger partial charge < -0.3 is 5.11 Å². The Kier molecular flexibility index (Phi) is 5.26. The van der Waals surface area contributed by atoms with Crippen molar-refractivity contribution in [1.82, 2.24) is 4.90 Å². The minimum atomic E-state index is -0.571. The largest absolute Gasteiger partial charge is 0.481 e. The lowest BCUT2D eigenvalue weighted by molar-refractivity contribution is -0.146. The maximum Gasteiger partial charge on any atom is 0.308 e. The zero-order valence-electron chi connectivity index (χ0n) is 12.5. The number of aliphatic carboxylic acids is 1. The molecule has 3 heteroatoms. The molecule has 1 saturated carbocycles. The van der Waals surface area contributed by atoms with E-state index in [0.717, 1.165) is 44.2 Å². The third-order valence-electron chi connectivity index (χ3n) is 5.30. The average Bonchev–Trinajstić information content (AvgIpc) is 2.87.